The number of nitrogens with zero attached hydrogens (tertiary/aromatic N) is 1. The Hall–Kier alpha value is -4.48. The van der Waals surface area contributed by atoms with Crippen LogP contribution in [0.3, 0.4) is 0 Å². The first kappa shape index (κ1) is 36.5. The molecular weight excluding hydrogens is 546 g/mol. The van der Waals surface area contributed by atoms with Gasteiger partial charge in [-0.2, -0.15) is 0 Å². The van der Waals surface area contributed by atoms with Gasteiger partial charge >= 0.3 is 11.9 Å². The summed E-state index contributed by atoms with van der Waals surface area (Å²) in [4.78, 5) is 87.7. The second-order valence-electron chi connectivity index (χ2n) is 9.59. The molecule has 0 radical (unpaired) electrons. The average Bonchev–Trinajstić information content (AvgIpc) is 2.84. The van der Waals surface area contributed by atoms with Crippen molar-refractivity contribution in [2.45, 2.75) is 76.5 Å². The van der Waals surface area contributed by atoms with Crippen molar-refractivity contribution < 1.29 is 43.8 Å². The topological polar surface area (TPSA) is 325 Å². The Morgan fingerprint density at radius 2 is 1.41 bits per heavy atom. The van der Waals surface area contributed by atoms with Gasteiger partial charge in [0.2, 0.25) is 29.5 Å². The van der Waals surface area contributed by atoms with Crippen LogP contribution in [-0.4, -0.2) is 94.9 Å². The number of rotatable bonds is 20. The summed E-state index contributed by atoms with van der Waals surface area (Å²) in [6.45, 7) is 3.06. The monoisotopic (exact) mass is 587 g/mol. The van der Waals surface area contributed by atoms with Crippen LogP contribution in [0.1, 0.15) is 52.4 Å². The number of guanidine groups is 1. The summed E-state index contributed by atoms with van der Waals surface area (Å²) in [5.74, 6) is -7.20. The fourth-order valence-corrected chi connectivity index (χ4v) is 3.41. The number of carboxylic acid groups (broad SMARTS) is 2. The number of carbonyl (C=O) groups is 7. The van der Waals surface area contributed by atoms with Crippen LogP contribution in [0.25, 0.3) is 0 Å². The van der Waals surface area contributed by atoms with Crippen molar-refractivity contribution in [3.63, 3.8) is 0 Å². The maximum Gasteiger partial charge on any atom is 0.326 e. The van der Waals surface area contributed by atoms with Crippen molar-refractivity contribution in [3.8, 4) is 0 Å². The lowest BCUT2D eigenvalue weighted by Crippen LogP contribution is -2.55. The van der Waals surface area contributed by atoms with Gasteiger partial charge in [0, 0.05) is 13.0 Å². The number of aliphatic carboxylic acids is 2. The van der Waals surface area contributed by atoms with Gasteiger partial charge in [0.05, 0.1) is 19.0 Å². The molecule has 5 amide bonds. The average molecular weight is 588 g/mol. The molecule has 0 rings (SSSR count). The number of carboxylic acids is 2. The molecule has 0 fully saturated rings. The van der Waals surface area contributed by atoms with Gasteiger partial charge in [-0.3, -0.25) is 33.8 Å². The standard InChI is InChI=1S/C23H41N9O9/c1-11(2)8-12(24)19(37)32-15(9-16(25)33)20(38)29-10-17(34)30-13(4-3-7-28-23(26)27)21(39)31-14(22(40)41)5-6-18(35)36/h11-15H,3-10,24H2,1-2H3,(H2,25,33)(H,29,38)(H,30,34)(H,31,39)(H,32,37)(H,35,36)(H,40,41)(H4,26,27,28)/t12-,13-,14-,15-/m0/s1. The predicted octanol–water partition coefficient (Wildman–Crippen LogP) is -4.19. The molecule has 0 spiro atoms. The Morgan fingerprint density at radius 1 is 0.805 bits per heavy atom. The lowest BCUT2D eigenvalue weighted by atomic mass is 10.0. The number of hydrogen-bond donors (Lipinski definition) is 10. The molecule has 4 atom stereocenters. The van der Waals surface area contributed by atoms with Crippen LogP contribution in [0.5, 0.6) is 0 Å². The molecule has 0 aromatic rings. The Balaban J connectivity index is 5.40. The van der Waals surface area contributed by atoms with Crippen LogP contribution in [0.2, 0.25) is 0 Å². The van der Waals surface area contributed by atoms with Gasteiger partial charge in [-0.15, -0.1) is 0 Å². The van der Waals surface area contributed by atoms with Gasteiger partial charge in [0.1, 0.15) is 18.1 Å². The van der Waals surface area contributed by atoms with E-state index in [-0.39, 0.29) is 31.3 Å². The zero-order valence-electron chi connectivity index (χ0n) is 23.1. The molecule has 0 unspecified atom stereocenters. The fraction of sp³-hybridized carbons (Fsp3) is 0.652. The maximum absolute atomic E-state index is 12.8. The summed E-state index contributed by atoms with van der Waals surface area (Å²) < 4.78 is 0. The quantitative estimate of drug-likeness (QED) is 0.0368. The van der Waals surface area contributed by atoms with E-state index in [0.717, 1.165) is 0 Å². The highest BCUT2D eigenvalue weighted by molar-refractivity contribution is 5.95. The van der Waals surface area contributed by atoms with Crippen LogP contribution < -0.4 is 44.2 Å². The van der Waals surface area contributed by atoms with Crippen LogP contribution in [0.4, 0.5) is 0 Å². The number of primary amides is 1. The summed E-state index contributed by atoms with van der Waals surface area (Å²) in [5, 5.41) is 27.2. The minimum absolute atomic E-state index is 0.0539. The van der Waals surface area contributed by atoms with E-state index in [1.807, 2.05) is 13.8 Å². The molecule has 0 saturated carbocycles. The second-order valence-corrected chi connectivity index (χ2v) is 9.59. The van der Waals surface area contributed by atoms with E-state index in [1.54, 1.807) is 0 Å². The minimum atomic E-state index is -1.55. The first-order valence-electron chi connectivity index (χ1n) is 12.7. The smallest absolute Gasteiger partial charge is 0.326 e. The highest BCUT2D eigenvalue weighted by Gasteiger charge is 2.29. The zero-order chi connectivity index (χ0) is 31.7. The molecule has 0 aromatic heterocycles. The summed E-state index contributed by atoms with van der Waals surface area (Å²) in [7, 11) is 0. The Morgan fingerprint density at radius 3 is 1.93 bits per heavy atom. The first-order chi connectivity index (χ1) is 19.0. The van der Waals surface area contributed by atoms with Crippen molar-refractivity contribution in [3.05, 3.63) is 0 Å². The van der Waals surface area contributed by atoms with Crippen LogP contribution in [-0.2, 0) is 33.6 Å². The molecule has 232 valence electrons. The summed E-state index contributed by atoms with van der Waals surface area (Å²) in [5.41, 5.74) is 21.5. The van der Waals surface area contributed by atoms with Gasteiger partial charge in [-0.1, -0.05) is 13.8 Å². The molecule has 41 heavy (non-hydrogen) atoms. The molecule has 0 bridgehead atoms. The number of carbonyl (C=O) groups excluding carboxylic acids is 5. The van der Waals surface area contributed by atoms with Gasteiger partial charge in [-0.25, -0.2) is 4.79 Å². The number of amides is 5. The molecule has 0 heterocycles. The Bertz CT molecular complexity index is 984. The van der Waals surface area contributed by atoms with E-state index in [9.17, 15) is 38.7 Å². The van der Waals surface area contributed by atoms with Crippen molar-refractivity contribution >= 4 is 47.4 Å². The third kappa shape index (κ3) is 17.0. The normalized spacial score (nSPS) is 13.6. The highest BCUT2D eigenvalue weighted by Crippen LogP contribution is 2.05. The number of aliphatic imine (C=N–C) groups is 1. The molecule has 0 aliphatic heterocycles. The van der Waals surface area contributed by atoms with E-state index in [0.29, 0.717) is 6.42 Å². The third-order valence-electron chi connectivity index (χ3n) is 5.38. The highest BCUT2D eigenvalue weighted by atomic mass is 16.4. The zero-order valence-corrected chi connectivity index (χ0v) is 23.1. The maximum atomic E-state index is 12.8. The first-order valence-corrected chi connectivity index (χ1v) is 12.7. The van der Waals surface area contributed by atoms with Gasteiger partial charge in [-0.05, 0) is 31.6 Å². The predicted molar refractivity (Wildman–Crippen MR) is 144 cm³/mol. The summed E-state index contributed by atoms with van der Waals surface area (Å²) in [6, 6.07) is -5.23. The number of hydrogen-bond acceptors (Lipinski definition) is 9. The molecule has 18 nitrogen and oxygen atoms in total. The van der Waals surface area contributed by atoms with Gasteiger partial charge in [0.15, 0.2) is 5.96 Å². The number of nitrogens with one attached hydrogen (secondary N) is 4. The molecule has 0 saturated heterocycles. The minimum Gasteiger partial charge on any atom is -0.481 e. The molecule has 0 aliphatic rings. The molecule has 14 N–H and O–H groups in total. The van der Waals surface area contributed by atoms with E-state index >= 15 is 0 Å². The lowest BCUT2D eigenvalue weighted by Gasteiger charge is -2.22. The Labute approximate surface area is 236 Å². The lowest BCUT2D eigenvalue weighted by molar-refractivity contribution is -0.143. The van der Waals surface area contributed by atoms with Crippen molar-refractivity contribution in [2.24, 2.45) is 33.8 Å². The van der Waals surface area contributed by atoms with E-state index in [1.165, 1.54) is 0 Å². The van der Waals surface area contributed by atoms with E-state index in [4.69, 9.17) is 28.0 Å². The van der Waals surface area contributed by atoms with E-state index in [2.05, 4.69) is 26.3 Å². The van der Waals surface area contributed by atoms with Gasteiger partial charge in [0.25, 0.3) is 0 Å². The Kier molecular flexibility index (Phi) is 16.7. The second kappa shape index (κ2) is 18.7. The van der Waals surface area contributed by atoms with Crippen LogP contribution in [0, 0.1) is 5.92 Å². The van der Waals surface area contributed by atoms with E-state index < -0.39 is 91.4 Å². The molecule has 18 heteroatoms. The van der Waals surface area contributed by atoms with Crippen LogP contribution in [0.15, 0.2) is 4.99 Å². The SMILES string of the molecule is CC(C)C[C@H](N)C(=O)N[C@@H](CC(N)=O)C(=O)NCC(=O)N[C@@H](CCCN=C(N)N)C(=O)N[C@@H](CCC(=O)O)C(=O)O. The number of nitrogens with two attached hydrogens (primary N) is 4. The van der Waals surface area contributed by atoms with Crippen molar-refractivity contribution in [1.29, 1.82) is 0 Å². The van der Waals surface area contributed by atoms with Crippen LogP contribution >= 0.6 is 0 Å². The van der Waals surface area contributed by atoms with Crippen molar-refractivity contribution in [1.82, 2.24) is 21.3 Å². The third-order valence-corrected chi connectivity index (χ3v) is 5.38. The summed E-state index contributed by atoms with van der Waals surface area (Å²) >= 11 is 0. The van der Waals surface area contributed by atoms with Crippen molar-refractivity contribution in [2.75, 3.05) is 13.1 Å². The van der Waals surface area contributed by atoms with Gasteiger partial charge < -0.3 is 54.4 Å². The molecule has 0 aliphatic carbocycles. The molecular formula is C23H41N9O9. The molecule has 0 aromatic carbocycles. The summed E-state index contributed by atoms with van der Waals surface area (Å²) in [6.07, 6.45) is -1.08. The largest absolute Gasteiger partial charge is 0.481 e. The fourth-order valence-electron chi connectivity index (χ4n) is 3.41.